The molecule has 2 amide bonds. The maximum Gasteiger partial charge on any atom is 0.227 e. The van der Waals surface area contributed by atoms with Crippen molar-refractivity contribution in [1.82, 2.24) is 5.32 Å². The monoisotopic (exact) mass is 382 g/mol. The highest BCUT2D eigenvalue weighted by atomic mass is 16.6. The van der Waals surface area contributed by atoms with E-state index < -0.39 is 0 Å². The van der Waals surface area contributed by atoms with E-state index in [2.05, 4.69) is 5.32 Å². The zero-order valence-electron chi connectivity index (χ0n) is 15.6. The number of rotatable bonds is 5. The maximum absolute atomic E-state index is 12.6. The van der Waals surface area contributed by atoms with Crippen molar-refractivity contribution >= 4 is 17.5 Å². The summed E-state index contributed by atoms with van der Waals surface area (Å²) in [4.78, 5) is 26.7. The first-order valence-electron chi connectivity index (χ1n) is 9.24. The second-order valence-corrected chi connectivity index (χ2v) is 6.80. The third-order valence-electron chi connectivity index (χ3n) is 4.93. The fourth-order valence-electron chi connectivity index (χ4n) is 3.45. The molecule has 7 nitrogen and oxygen atoms in total. The van der Waals surface area contributed by atoms with Gasteiger partial charge in [-0.1, -0.05) is 12.1 Å². The minimum atomic E-state index is -0.383. The molecule has 0 bridgehead atoms. The Morgan fingerprint density at radius 1 is 1.18 bits per heavy atom. The van der Waals surface area contributed by atoms with Crippen molar-refractivity contribution in [2.45, 2.75) is 13.0 Å². The number of methoxy groups -OCH3 is 1. The second kappa shape index (κ2) is 7.80. The second-order valence-electron chi connectivity index (χ2n) is 6.80. The number of ether oxygens (including phenoxy) is 3. The number of fused-ring (bicyclic) bond motifs is 1. The van der Waals surface area contributed by atoms with E-state index in [1.165, 1.54) is 0 Å². The number of hydrogen-bond donors (Lipinski definition) is 1. The normalized spacial score (nSPS) is 18.1. The molecule has 0 unspecified atom stereocenters. The van der Waals surface area contributed by atoms with Gasteiger partial charge in [0.05, 0.1) is 13.0 Å². The maximum atomic E-state index is 12.6. The summed E-state index contributed by atoms with van der Waals surface area (Å²) in [7, 11) is 1.61. The third kappa shape index (κ3) is 3.74. The smallest absolute Gasteiger partial charge is 0.227 e. The quantitative estimate of drug-likeness (QED) is 0.857. The van der Waals surface area contributed by atoms with E-state index in [1.54, 1.807) is 24.1 Å². The average Bonchev–Trinajstić information content (AvgIpc) is 3.13. The summed E-state index contributed by atoms with van der Waals surface area (Å²) >= 11 is 0. The van der Waals surface area contributed by atoms with Crippen LogP contribution < -0.4 is 24.4 Å². The number of carbonyl (C=O) groups is 2. The Balaban J connectivity index is 1.39. The molecule has 2 aliphatic rings. The topological polar surface area (TPSA) is 77.1 Å². The number of benzene rings is 2. The minimum absolute atomic E-state index is 0.0711. The highest BCUT2D eigenvalue weighted by molar-refractivity contribution is 6.00. The summed E-state index contributed by atoms with van der Waals surface area (Å²) in [6.45, 7) is 1.75. The van der Waals surface area contributed by atoms with E-state index >= 15 is 0 Å². The van der Waals surface area contributed by atoms with Gasteiger partial charge in [-0.05, 0) is 29.8 Å². The van der Waals surface area contributed by atoms with Crippen LogP contribution in [0.5, 0.6) is 17.2 Å². The Morgan fingerprint density at radius 3 is 2.82 bits per heavy atom. The summed E-state index contributed by atoms with van der Waals surface area (Å²) in [5.41, 5.74) is 1.66. The largest absolute Gasteiger partial charge is 0.497 e. The molecule has 7 heteroatoms. The molecule has 146 valence electrons. The van der Waals surface area contributed by atoms with Crippen LogP contribution in [0.15, 0.2) is 42.5 Å². The summed E-state index contributed by atoms with van der Waals surface area (Å²) in [5.74, 6) is 1.46. The van der Waals surface area contributed by atoms with E-state index in [1.807, 2.05) is 30.3 Å². The molecule has 0 saturated carbocycles. The fraction of sp³-hybridized carbons (Fsp3) is 0.333. The van der Waals surface area contributed by atoms with E-state index in [0.29, 0.717) is 37.8 Å². The molecule has 1 atom stereocenters. The Hall–Kier alpha value is -3.22. The van der Waals surface area contributed by atoms with Gasteiger partial charge in [-0.25, -0.2) is 0 Å². The summed E-state index contributed by atoms with van der Waals surface area (Å²) in [6.07, 6.45) is 0.193. The number of nitrogens with one attached hydrogen (secondary N) is 1. The molecule has 2 aromatic rings. The minimum Gasteiger partial charge on any atom is -0.497 e. The lowest BCUT2D eigenvalue weighted by molar-refractivity contribution is -0.126. The number of nitrogens with zero attached hydrogens (tertiary/aromatic N) is 1. The summed E-state index contributed by atoms with van der Waals surface area (Å²) < 4.78 is 16.3. The molecule has 1 saturated heterocycles. The predicted molar refractivity (Wildman–Crippen MR) is 103 cm³/mol. The lowest BCUT2D eigenvalue weighted by Gasteiger charge is -2.22. The van der Waals surface area contributed by atoms with Crippen molar-refractivity contribution in [3.05, 3.63) is 48.0 Å². The van der Waals surface area contributed by atoms with Crippen molar-refractivity contribution in [3.63, 3.8) is 0 Å². The molecule has 2 heterocycles. The standard InChI is InChI=1S/C21H22N2O5/c1-26-17-4-2-3-14(9-17)12-22-21(25)15-10-20(24)23(13-15)16-5-6-18-19(11-16)28-8-7-27-18/h2-6,9,11,15H,7-8,10,12-13H2,1H3,(H,22,25)/t15-/m0/s1. The SMILES string of the molecule is COc1cccc(CNC(=O)[C@H]2CC(=O)N(c3ccc4c(c3)OCCO4)C2)c1. The highest BCUT2D eigenvalue weighted by Crippen LogP contribution is 2.36. The van der Waals surface area contributed by atoms with Gasteiger partial charge in [-0.3, -0.25) is 9.59 Å². The van der Waals surface area contributed by atoms with Crippen LogP contribution in [0, 0.1) is 5.92 Å². The van der Waals surface area contributed by atoms with Crippen molar-refractivity contribution in [2.75, 3.05) is 31.8 Å². The zero-order valence-corrected chi connectivity index (χ0v) is 15.6. The third-order valence-corrected chi connectivity index (χ3v) is 4.93. The van der Waals surface area contributed by atoms with E-state index in [9.17, 15) is 9.59 Å². The molecule has 0 aromatic heterocycles. The number of anilines is 1. The molecule has 2 aromatic carbocycles. The van der Waals surface area contributed by atoms with Crippen molar-refractivity contribution in [3.8, 4) is 17.2 Å². The van der Waals surface area contributed by atoms with Gasteiger partial charge >= 0.3 is 0 Å². The van der Waals surface area contributed by atoms with Gasteiger partial charge in [-0.15, -0.1) is 0 Å². The van der Waals surface area contributed by atoms with Crippen molar-refractivity contribution < 1.29 is 23.8 Å². The lowest BCUT2D eigenvalue weighted by atomic mass is 10.1. The molecule has 4 rings (SSSR count). The van der Waals surface area contributed by atoms with Gasteiger partial charge in [0.1, 0.15) is 19.0 Å². The highest BCUT2D eigenvalue weighted by Gasteiger charge is 2.35. The van der Waals surface area contributed by atoms with Crippen LogP contribution in [0.1, 0.15) is 12.0 Å². The van der Waals surface area contributed by atoms with Gasteiger partial charge < -0.3 is 24.4 Å². The van der Waals surface area contributed by atoms with E-state index in [-0.39, 0.29) is 24.2 Å². The molecule has 0 aliphatic carbocycles. The average molecular weight is 382 g/mol. The first-order chi connectivity index (χ1) is 13.6. The molecular weight excluding hydrogens is 360 g/mol. The van der Waals surface area contributed by atoms with Gasteiger partial charge in [0.25, 0.3) is 0 Å². The van der Waals surface area contributed by atoms with Gasteiger partial charge in [0.2, 0.25) is 11.8 Å². The van der Waals surface area contributed by atoms with Crippen LogP contribution in [0.3, 0.4) is 0 Å². The Labute approximate surface area is 163 Å². The van der Waals surface area contributed by atoms with E-state index in [0.717, 1.165) is 17.0 Å². The van der Waals surface area contributed by atoms with Crippen molar-refractivity contribution in [1.29, 1.82) is 0 Å². The molecule has 1 N–H and O–H groups in total. The summed E-state index contributed by atoms with van der Waals surface area (Å²) in [5, 5.41) is 2.92. The van der Waals surface area contributed by atoms with Crippen LogP contribution in [0.4, 0.5) is 5.69 Å². The molecule has 0 spiro atoms. The zero-order chi connectivity index (χ0) is 19.5. The first kappa shape index (κ1) is 18.2. The first-order valence-corrected chi connectivity index (χ1v) is 9.24. The number of hydrogen-bond acceptors (Lipinski definition) is 5. The van der Waals surface area contributed by atoms with Crippen molar-refractivity contribution in [2.24, 2.45) is 5.92 Å². The van der Waals surface area contributed by atoms with Gasteiger partial charge in [0, 0.05) is 31.3 Å². The molecule has 28 heavy (non-hydrogen) atoms. The van der Waals surface area contributed by atoms with Crippen LogP contribution >= 0.6 is 0 Å². The molecule has 0 radical (unpaired) electrons. The Kier molecular flexibility index (Phi) is 5.06. The predicted octanol–water partition coefficient (Wildman–Crippen LogP) is 2.14. The van der Waals surface area contributed by atoms with Crippen LogP contribution in [0.25, 0.3) is 0 Å². The Bertz CT molecular complexity index is 898. The number of amides is 2. The summed E-state index contributed by atoms with van der Waals surface area (Å²) in [6, 6.07) is 12.9. The van der Waals surface area contributed by atoms with E-state index in [4.69, 9.17) is 14.2 Å². The van der Waals surface area contributed by atoms with Crippen LogP contribution in [-0.4, -0.2) is 38.7 Å². The van der Waals surface area contributed by atoms with Crippen LogP contribution in [-0.2, 0) is 16.1 Å². The molecule has 2 aliphatic heterocycles. The Morgan fingerprint density at radius 2 is 2.00 bits per heavy atom. The van der Waals surface area contributed by atoms with Crippen LogP contribution in [0.2, 0.25) is 0 Å². The molecule has 1 fully saturated rings. The lowest BCUT2D eigenvalue weighted by Crippen LogP contribution is -2.32. The number of carbonyl (C=O) groups excluding carboxylic acids is 2. The molecular formula is C21H22N2O5. The van der Waals surface area contributed by atoms with Gasteiger partial charge in [-0.2, -0.15) is 0 Å². The fourth-order valence-corrected chi connectivity index (χ4v) is 3.45. The van der Waals surface area contributed by atoms with Gasteiger partial charge in [0.15, 0.2) is 11.5 Å².